The molecule has 0 aliphatic heterocycles. The van der Waals surface area contributed by atoms with Gasteiger partial charge in [0.2, 0.25) is 5.89 Å². The van der Waals surface area contributed by atoms with Crippen molar-refractivity contribution in [3.8, 4) is 0 Å². The summed E-state index contributed by atoms with van der Waals surface area (Å²) in [4.78, 5) is 4.18. The van der Waals surface area contributed by atoms with E-state index < -0.39 is 0 Å². The largest absolute Gasteiger partial charge is 0.339 e. The molecular formula is C15H21N3O. The van der Waals surface area contributed by atoms with E-state index in [-0.39, 0.29) is 0 Å². The second-order valence-electron chi connectivity index (χ2n) is 4.86. The standard InChI is InChI=1S/C15H21N3O/c1-12(8-9-14-6-4-3-5-7-14)16-11-10-15-17-13(2)18-19-15/h3-7,12,16H,8-11H2,1-2H3. The van der Waals surface area contributed by atoms with Gasteiger partial charge in [0.05, 0.1) is 0 Å². The first-order valence-corrected chi connectivity index (χ1v) is 6.80. The second kappa shape index (κ2) is 7.04. The lowest BCUT2D eigenvalue weighted by Crippen LogP contribution is -2.28. The number of benzene rings is 1. The number of aryl methyl sites for hydroxylation is 2. The molecule has 1 N–H and O–H groups in total. The summed E-state index contributed by atoms with van der Waals surface area (Å²) in [5.41, 5.74) is 1.39. The highest BCUT2D eigenvalue weighted by Crippen LogP contribution is 2.05. The molecule has 1 aromatic carbocycles. The summed E-state index contributed by atoms with van der Waals surface area (Å²) in [5, 5.41) is 7.26. The van der Waals surface area contributed by atoms with Crippen LogP contribution in [0.3, 0.4) is 0 Å². The topological polar surface area (TPSA) is 51.0 Å². The van der Waals surface area contributed by atoms with E-state index in [4.69, 9.17) is 4.52 Å². The Morgan fingerprint density at radius 2 is 2.00 bits per heavy atom. The van der Waals surface area contributed by atoms with Crippen LogP contribution in [0, 0.1) is 6.92 Å². The van der Waals surface area contributed by atoms with Crippen LogP contribution in [0.2, 0.25) is 0 Å². The maximum atomic E-state index is 5.07. The van der Waals surface area contributed by atoms with Crippen molar-refractivity contribution in [2.24, 2.45) is 0 Å². The SMILES string of the molecule is Cc1noc(CCNC(C)CCc2ccccc2)n1. The lowest BCUT2D eigenvalue weighted by Gasteiger charge is -2.12. The quantitative estimate of drug-likeness (QED) is 0.830. The van der Waals surface area contributed by atoms with E-state index in [0.29, 0.717) is 17.8 Å². The molecule has 0 saturated heterocycles. The highest BCUT2D eigenvalue weighted by molar-refractivity contribution is 5.14. The smallest absolute Gasteiger partial charge is 0.227 e. The van der Waals surface area contributed by atoms with Crippen molar-refractivity contribution in [1.29, 1.82) is 0 Å². The number of aromatic nitrogens is 2. The fraction of sp³-hybridized carbons (Fsp3) is 0.467. The first kappa shape index (κ1) is 13.7. The van der Waals surface area contributed by atoms with Crippen LogP contribution in [0.4, 0.5) is 0 Å². The molecule has 0 amide bonds. The lowest BCUT2D eigenvalue weighted by molar-refractivity contribution is 0.369. The van der Waals surface area contributed by atoms with E-state index in [1.807, 2.05) is 6.92 Å². The molecule has 1 atom stereocenters. The van der Waals surface area contributed by atoms with Crippen molar-refractivity contribution in [3.63, 3.8) is 0 Å². The highest BCUT2D eigenvalue weighted by atomic mass is 16.5. The number of nitrogens with zero attached hydrogens (tertiary/aromatic N) is 2. The van der Waals surface area contributed by atoms with E-state index in [2.05, 4.69) is 52.7 Å². The van der Waals surface area contributed by atoms with Crippen molar-refractivity contribution in [2.75, 3.05) is 6.54 Å². The zero-order valence-electron chi connectivity index (χ0n) is 11.6. The van der Waals surface area contributed by atoms with Crippen LogP contribution in [0.25, 0.3) is 0 Å². The second-order valence-corrected chi connectivity index (χ2v) is 4.86. The van der Waals surface area contributed by atoms with Crippen LogP contribution in [0.1, 0.15) is 30.6 Å². The summed E-state index contributed by atoms with van der Waals surface area (Å²) in [5.74, 6) is 1.41. The molecule has 1 heterocycles. The lowest BCUT2D eigenvalue weighted by atomic mass is 10.1. The molecule has 4 nitrogen and oxygen atoms in total. The monoisotopic (exact) mass is 259 g/mol. The van der Waals surface area contributed by atoms with Crippen LogP contribution in [0.5, 0.6) is 0 Å². The van der Waals surface area contributed by atoms with Crippen molar-refractivity contribution in [1.82, 2.24) is 15.5 Å². The van der Waals surface area contributed by atoms with Crippen LogP contribution in [-0.2, 0) is 12.8 Å². The normalized spacial score (nSPS) is 12.5. The Kier molecular flexibility index (Phi) is 5.10. The van der Waals surface area contributed by atoms with Crippen molar-refractivity contribution < 1.29 is 4.52 Å². The average Bonchev–Trinajstić information content (AvgIpc) is 2.83. The third-order valence-corrected chi connectivity index (χ3v) is 3.11. The minimum Gasteiger partial charge on any atom is -0.339 e. The average molecular weight is 259 g/mol. The Labute approximate surface area is 114 Å². The predicted molar refractivity (Wildman–Crippen MR) is 75.0 cm³/mol. The highest BCUT2D eigenvalue weighted by Gasteiger charge is 2.05. The summed E-state index contributed by atoms with van der Waals surface area (Å²) in [6.45, 7) is 4.92. The van der Waals surface area contributed by atoms with E-state index in [1.165, 1.54) is 5.56 Å². The molecule has 102 valence electrons. The molecule has 0 saturated carbocycles. The Bertz CT molecular complexity index is 481. The minimum atomic E-state index is 0.490. The Hall–Kier alpha value is -1.68. The van der Waals surface area contributed by atoms with Crippen molar-refractivity contribution in [3.05, 3.63) is 47.6 Å². The van der Waals surface area contributed by atoms with Gasteiger partial charge in [0.1, 0.15) is 0 Å². The molecule has 19 heavy (non-hydrogen) atoms. The van der Waals surface area contributed by atoms with Gasteiger partial charge in [-0.25, -0.2) is 0 Å². The predicted octanol–water partition coefficient (Wildman–Crippen LogP) is 2.53. The molecule has 0 aliphatic carbocycles. The number of hydrogen-bond donors (Lipinski definition) is 1. The Morgan fingerprint density at radius 3 is 2.68 bits per heavy atom. The van der Waals surface area contributed by atoms with Gasteiger partial charge in [-0.05, 0) is 32.3 Å². The zero-order chi connectivity index (χ0) is 13.5. The van der Waals surface area contributed by atoms with Gasteiger partial charge in [-0.3, -0.25) is 0 Å². The fourth-order valence-electron chi connectivity index (χ4n) is 2.00. The third-order valence-electron chi connectivity index (χ3n) is 3.11. The molecule has 1 unspecified atom stereocenters. The fourth-order valence-corrected chi connectivity index (χ4v) is 2.00. The maximum Gasteiger partial charge on any atom is 0.227 e. The van der Waals surface area contributed by atoms with Gasteiger partial charge < -0.3 is 9.84 Å². The summed E-state index contributed by atoms with van der Waals surface area (Å²) in [6.07, 6.45) is 3.03. The van der Waals surface area contributed by atoms with E-state index >= 15 is 0 Å². The molecule has 2 rings (SSSR count). The van der Waals surface area contributed by atoms with Crippen molar-refractivity contribution in [2.45, 2.75) is 39.2 Å². The van der Waals surface area contributed by atoms with Crippen LogP contribution < -0.4 is 5.32 Å². The van der Waals surface area contributed by atoms with Gasteiger partial charge in [0, 0.05) is 19.0 Å². The van der Waals surface area contributed by atoms with Gasteiger partial charge in [0.15, 0.2) is 5.82 Å². The number of hydrogen-bond acceptors (Lipinski definition) is 4. The van der Waals surface area contributed by atoms with E-state index in [0.717, 1.165) is 25.8 Å². The third kappa shape index (κ3) is 4.83. The summed E-state index contributed by atoms with van der Waals surface area (Å²) in [6, 6.07) is 11.1. The van der Waals surface area contributed by atoms with Crippen molar-refractivity contribution >= 4 is 0 Å². The van der Waals surface area contributed by atoms with Crippen LogP contribution in [-0.4, -0.2) is 22.7 Å². The van der Waals surface area contributed by atoms with Gasteiger partial charge in [-0.2, -0.15) is 4.98 Å². The Balaban J connectivity index is 1.63. The van der Waals surface area contributed by atoms with Gasteiger partial charge in [-0.15, -0.1) is 0 Å². The minimum absolute atomic E-state index is 0.490. The van der Waals surface area contributed by atoms with Gasteiger partial charge in [-0.1, -0.05) is 35.5 Å². The van der Waals surface area contributed by atoms with Crippen LogP contribution in [0.15, 0.2) is 34.9 Å². The van der Waals surface area contributed by atoms with Crippen LogP contribution >= 0.6 is 0 Å². The van der Waals surface area contributed by atoms with E-state index in [1.54, 1.807) is 0 Å². The summed E-state index contributed by atoms with van der Waals surface area (Å²) in [7, 11) is 0. The molecule has 0 spiro atoms. The summed E-state index contributed by atoms with van der Waals surface area (Å²) >= 11 is 0. The molecule has 1 aromatic heterocycles. The summed E-state index contributed by atoms with van der Waals surface area (Å²) < 4.78 is 5.07. The maximum absolute atomic E-state index is 5.07. The molecular weight excluding hydrogens is 238 g/mol. The Morgan fingerprint density at radius 1 is 1.21 bits per heavy atom. The molecule has 4 heteroatoms. The van der Waals surface area contributed by atoms with Gasteiger partial charge in [0.25, 0.3) is 0 Å². The first-order chi connectivity index (χ1) is 9.24. The molecule has 0 bridgehead atoms. The molecule has 0 radical (unpaired) electrons. The first-order valence-electron chi connectivity index (χ1n) is 6.80. The molecule has 0 aliphatic rings. The molecule has 0 fully saturated rings. The van der Waals surface area contributed by atoms with Gasteiger partial charge >= 0.3 is 0 Å². The van der Waals surface area contributed by atoms with E-state index in [9.17, 15) is 0 Å². The molecule has 2 aromatic rings. The number of nitrogens with one attached hydrogen (secondary N) is 1. The zero-order valence-corrected chi connectivity index (χ0v) is 11.6. The number of rotatable bonds is 7.